The summed E-state index contributed by atoms with van der Waals surface area (Å²) in [5, 5.41) is 17.7. The zero-order valence-electron chi connectivity index (χ0n) is 9.27. The molecule has 2 heterocycles. The van der Waals surface area contributed by atoms with E-state index >= 15 is 0 Å². The van der Waals surface area contributed by atoms with Crippen molar-refractivity contribution in [1.29, 1.82) is 0 Å². The van der Waals surface area contributed by atoms with Crippen molar-refractivity contribution in [1.82, 2.24) is 14.7 Å². The third kappa shape index (κ3) is 2.34. The summed E-state index contributed by atoms with van der Waals surface area (Å²) in [5.74, 6) is 0.929. The van der Waals surface area contributed by atoms with Gasteiger partial charge in [0.15, 0.2) is 5.15 Å². The Balaban J connectivity index is 2.26. The van der Waals surface area contributed by atoms with Crippen molar-refractivity contribution in [2.24, 2.45) is 0 Å². The SMILES string of the molecule is OCC[N+]1(c2ccc(Cl)nn2)CCCCC1. The number of quaternary nitrogens is 1. The average molecular weight is 243 g/mol. The quantitative estimate of drug-likeness (QED) is 0.820. The number of hydrogen-bond donors (Lipinski definition) is 1. The van der Waals surface area contributed by atoms with Gasteiger partial charge in [-0.2, -0.15) is 0 Å². The molecule has 4 nitrogen and oxygen atoms in total. The van der Waals surface area contributed by atoms with Crippen LogP contribution in [0, 0.1) is 0 Å². The van der Waals surface area contributed by atoms with Gasteiger partial charge in [0.2, 0.25) is 5.82 Å². The maximum absolute atomic E-state index is 9.21. The van der Waals surface area contributed by atoms with Gasteiger partial charge in [0.1, 0.15) is 6.54 Å². The van der Waals surface area contributed by atoms with Crippen LogP contribution in [0.2, 0.25) is 5.15 Å². The van der Waals surface area contributed by atoms with Gasteiger partial charge in [-0.1, -0.05) is 16.7 Å². The molecule has 1 aliphatic heterocycles. The van der Waals surface area contributed by atoms with E-state index in [1.54, 1.807) is 6.07 Å². The van der Waals surface area contributed by atoms with Crippen molar-refractivity contribution >= 4 is 17.4 Å². The number of likely N-dealkylation sites (tertiary alicyclic amines) is 1. The zero-order chi connectivity index (χ0) is 11.4. The van der Waals surface area contributed by atoms with Gasteiger partial charge in [0.05, 0.1) is 19.7 Å². The monoisotopic (exact) mass is 242 g/mol. The van der Waals surface area contributed by atoms with E-state index in [2.05, 4.69) is 10.2 Å². The highest BCUT2D eigenvalue weighted by Crippen LogP contribution is 2.26. The lowest BCUT2D eigenvalue weighted by Crippen LogP contribution is -2.55. The fourth-order valence-corrected chi connectivity index (χ4v) is 2.54. The van der Waals surface area contributed by atoms with Gasteiger partial charge in [-0.05, 0) is 25.3 Å². The molecule has 0 spiro atoms. The average Bonchev–Trinajstić information content (AvgIpc) is 2.31. The van der Waals surface area contributed by atoms with E-state index in [1.807, 2.05) is 6.07 Å². The number of piperidine rings is 1. The first-order valence-electron chi connectivity index (χ1n) is 5.74. The van der Waals surface area contributed by atoms with Crippen molar-refractivity contribution in [2.75, 3.05) is 26.2 Å². The number of hydrogen-bond acceptors (Lipinski definition) is 3. The van der Waals surface area contributed by atoms with Gasteiger partial charge >= 0.3 is 0 Å². The zero-order valence-corrected chi connectivity index (χ0v) is 10.0. The van der Waals surface area contributed by atoms with Crippen molar-refractivity contribution in [3.05, 3.63) is 17.3 Å². The minimum atomic E-state index is 0.185. The Morgan fingerprint density at radius 2 is 1.94 bits per heavy atom. The summed E-state index contributed by atoms with van der Waals surface area (Å²) in [6.45, 7) is 2.98. The largest absolute Gasteiger partial charge is 0.390 e. The molecule has 0 bridgehead atoms. The van der Waals surface area contributed by atoms with Gasteiger partial charge in [-0.25, -0.2) is 0 Å². The fraction of sp³-hybridized carbons (Fsp3) is 0.636. The first-order valence-corrected chi connectivity index (χ1v) is 6.11. The highest BCUT2D eigenvalue weighted by molar-refractivity contribution is 6.29. The molecular formula is C11H17ClN3O+. The predicted molar refractivity (Wildman–Crippen MR) is 64.4 cm³/mol. The molecule has 1 fully saturated rings. The minimum absolute atomic E-state index is 0.185. The molecular weight excluding hydrogens is 226 g/mol. The Bertz CT molecular complexity index is 330. The molecule has 2 rings (SSSR count). The molecule has 88 valence electrons. The van der Waals surface area contributed by atoms with Crippen LogP contribution in [0.25, 0.3) is 0 Å². The molecule has 0 aromatic carbocycles. The Labute approximate surface area is 100 Å². The van der Waals surface area contributed by atoms with E-state index in [4.69, 9.17) is 11.6 Å². The van der Waals surface area contributed by atoms with Crippen LogP contribution in [-0.2, 0) is 0 Å². The van der Waals surface area contributed by atoms with E-state index in [0.29, 0.717) is 5.15 Å². The molecule has 0 amide bonds. The third-order valence-corrected chi connectivity index (χ3v) is 3.51. The van der Waals surface area contributed by atoms with E-state index in [9.17, 15) is 5.11 Å². The highest BCUT2D eigenvalue weighted by Gasteiger charge is 2.33. The Morgan fingerprint density at radius 3 is 2.50 bits per heavy atom. The molecule has 5 heteroatoms. The van der Waals surface area contributed by atoms with Crippen LogP contribution >= 0.6 is 11.6 Å². The second-order valence-electron chi connectivity index (χ2n) is 4.31. The summed E-state index contributed by atoms with van der Waals surface area (Å²) in [6.07, 6.45) is 3.64. The summed E-state index contributed by atoms with van der Waals surface area (Å²) in [7, 11) is 0. The molecule has 0 atom stereocenters. The lowest BCUT2D eigenvalue weighted by atomic mass is 10.1. The van der Waals surface area contributed by atoms with Crippen LogP contribution in [-0.4, -0.2) is 41.5 Å². The summed E-state index contributed by atoms with van der Waals surface area (Å²) in [6, 6.07) is 3.70. The number of rotatable bonds is 3. The van der Waals surface area contributed by atoms with Gasteiger partial charge in [-0.15, -0.1) is 5.10 Å². The molecule has 1 aliphatic rings. The van der Waals surface area contributed by atoms with E-state index in [-0.39, 0.29) is 6.61 Å². The summed E-state index contributed by atoms with van der Waals surface area (Å²) in [4.78, 5) is 0. The first-order chi connectivity index (χ1) is 7.77. The number of aliphatic hydroxyl groups is 1. The number of aromatic nitrogens is 2. The molecule has 1 aromatic rings. The Hall–Kier alpha value is -0.710. The standard InChI is InChI=1S/C11H17ClN3O/c12-10-4-5-11(14-13-10)15(8-9-16)6-2-1-3-7-15/h4-5,16H,1-3,6-9H2/q+1. The molecule has 1 saturated heterocycles. The smallest absolute Gasteiger partial charge is 0.247 e. The van der Waals surface area contributed by atoms with E-state index in [1.165, 1.54) is 19.3 Å². The molecule has 0 radical (unpaired) electrons. The lowest BCUT2D eigenvalue weighted by Gasteiger charge is -2.39. The summed E-state index contributed by atoms with van der Waals surface area (Å²) < 4.78 is 0.751. The first kappa shape index (κ1) is 11.8. The minimum Gasteiger partial charge on any atom is -0.390 e. The highest BCUT2D eigenvalue weighted by atomic mass is 35.5. The van der Waals surface area contributed by atoms with Gasteiger partial charge in [0, 0.05) is 6.07 Å². The van der Waals surface area contributed by atoms with E-state index in [0.717, 1.165) is 29.9 Å². The molecule has 16 heavy (non-hydrogen) atoms. The van der Waals surface area contributed by atoms with Crippen molar-refractivity contribution in [3.8, 4) is 0 Å². The molecule has 0 unspecified atom stereocenters. The molecule has 1 N–H and O–H groups in total. The van der Waals surface area contributed by atoms with Crippen LogP contribution in [0.1, 0.15) is 19.3 Å². The number of aliphatic hydroxyl groups excluding tert-OH is 1. The van der Waals surface area contributed by atoms with Crippen LogP contribution in [0.5, 0.6) is 0 Å². The summed E-state index contributed by atoms with van der Waals surface area (Å²) >= 11 is 5.74. The molecule has 0 aliphatic carbocycles. The predicted octanol–water partition coefficient (Wildman–Crippen LogP) is 1.61. The fourth-order valence-electron chi connectivity index (χ4n) is 2.44. The number of halogens is 1. The molecule has 1 aromatic heterocycles. The van der Waals surface area contributed by atoms with Gasteiger partial charge in [-0.3, -0.25) is 4.48 Å². The van der Waals surface area contributed by atoms with E-state index < -0.39 is 0 Å². The van der Waals surface area contributed by atoms with Crippen LogP contribution < -0.4 is 4.48 Å². The van der Waals surface area contributed by atoms with Crippen molar-refractivity contribution in [3.63, 3.8) is 0 Å². The Morgan fingerprint density at radius 1 is 1.19 bits per heavy atom. The van der Waals surface area contributed by atoms with Gasteiger partial charge in [0.25, 0.3) is 0 Å². The van der Waals surface area contributed by atoms with Crippen molar-refractivity contribution < 1.29 is 5.11 Å². The maximum Gasteiger partial charge on any atom is 0.247 e. The normalized spacial score (nSPS) is 19.6. The lowest BCUT2D eigenvalue weighted by molar-refractivity contribution is 0.170. The topological polar surface area (TPSA) is 46.0 Å². The summed E-state index contributed by atoms with van der Waals surface area (Å²) in [5.41, 5.74) is 0. The van der Waals surface area contributed by atoms with Crippen LogP contribution in [0.4, 0.5) is 5.82 Å². The van der Waals surface area contributed by atoms with Crippen LogP contribution in [0.15, 0.2) is 12.1 Å². The maximum atomic E-state index is 9.21. The molecule has 0 saturated carbocycles. The van der Waals surface area contributed by atoms with Crippen LogP contribution in [0.3, 0.4) is 0 Å². The third-order valence-electron chi connectivity index (χ3n) is 3.30. The second kappa shape index (κ2) is 5.08. The Kier molecular flexibility index (Phi) is 3.74. The number of nitrogens with zero attached hydrogens (tertiary/aromatic N) is 3. The second-order valence-corrected chi connectivity index (χ2v) is 4.70. The van der Waals surface area contributed by atoms with Crippen molar-refractivity contribution in [2.45, 2.75) is 19.3 Å². The van der Waals surface area contributed by atoms with Gasteiger partial charge < -0.3 is 5.11 Å².